The number of carbonyl (C=O) groups excluding carboxylic acids is 1. The summed E-state index contributed by atoms with van der Waals surface area (Å²) in [6, 6.07) is 1.74. The van der Waals surface area contributed by atoms with Crippen LogP contribution in [0.5, 0.6) is 0 Å². The van der Waals surface area contributed by atoms with E-state index in [1.807, 2.05) is 27.7 Å². The molecule has 0 aliphatic heterocycles. The zero-order chi connectivity index (χ0) is 17.2. The predicted molar refractivity (Wildman–Crippen MR) is 87.9 cm³/mol. The Bertz CT molecular complexity index is 713. The van der Waals surface area contributed by atoms with Gasteiger partial charge in [-0.05, 0) is 36.2 Å². The summed E-state index contributed by atoms with van der Waals surface area (Å²) in [6.07, 6.45) is 1.35. The van der Waals surface area contributed by atoms with E-state index in [0.717, 1.165) is 6.42 Å². The molecule has 1 heterocycles. The SMILES string of the molecule is CC(C)c1cc2c(oc1=O)C1(C)CCC(O)C(C)(C)C1CC2=O. The normalized spacial score (nSPS) is 32.6. The molecular weight excluding hydrogens is 292 g/mol. The first-order chi connectivity index (χ1) is 10.6. The zero-order valence-electron chi connectivity index (χ0n) is 14.6. The summed E-state index contributed by atoms with van der Waals surface area (Å²) >= 11 is 0. The molecule has 0 saturated heterocycles. The van der Waals surface area contributed by atoms with Crippen molar-refractivity contribution < 1.29 is 14.3 Å². The Hall–Kier alpha value is -1.42. The van der Waals surface area contributed by atoms with Crippen LogP contribution in [0.3, 0.4) is 0 Å². The lowest BCUT2D eigenvalue weighted by Crippen LogP contribution is -2.55. The molecule has 0 bridgehead atoms. The maximum atomic E-state index is 12.7. The third-order valence-corrected chi connectivity index (χ3v) is 6.27. The molecule has 2 aliphatic rings. The second-order valence-corrected chi connectivity index (χ2v) is 8.36. The summed E-state index contributed by atoms with van der Waals surface area (Å²) in [5.74, 6) is 0.565. The molecule has 0 spiro atoms. The van der Waals surface area contributed by atoms with Gasteiger partial charge in [-0.2, -0.15) is 0 Å². The van der Waals surface area contributed by atoms with Crippen LogP contribution in [0, 0.1) is 11.3 Å². The summed E-state index contributed by atoms with van der Waals surface area (Å²) < 4.78 is 5.71. The Morgan fingerprint density at radius 1 is 1.26 bits per heavy atom. The molecule has 126 valence electrons. The molecule has 4 nitrogen and oxygen atoms in total. The largest absolute Gasteiger partial charge is 0.426 e. The van der Waals surface area contributed by atoms with E-state index in [2.05, 4.69) is 6.92 Å². The minimum absolute atomic E-state index is 0.0215. The second kappa shape index (κ2) is 5.04. The molecule has 1 aromatic heterocycles. The third kappa shape index (κ3) is 2.22. The van der Waals surface area contributed by atoms with Crippen LogP contribution in [-0.4, -0.2) is 17.0 Å². The minimum Gasteiger partial charge on any atom is -0.426 e. The number of fused-ring (bicyclic) bond motifs is 3. The molecule has 2 aliphatic carbocycles. The molecule has 1 aromatic rings. The molecular formula is C19H26O4. The fourth-order valence-electron chi connectivity index (χ4n) is 4.61. The quantitative estimate of drug-likeness (QED) is 0.861. The van der Waals surface area contributed by atoms with E-state index in [-0.39, 0.29) is 34.1 Å². The van der Waals surface area contributed by atoms with Gasteiger partial charge in [-0.15, -0.1) is 0 Å². The fraction of sp³-hybridized carbons (Fsp3) is 0.684. The number of hydrogen-bond acceptors (Lipinski definition) is 4. The number of rotatable bonds is 1. The van der Waals surface area contributed by atoms with Crippen LogP contribution in [-0.2, 0) is 5.41 Å². The monoisotopic (exact) mass is 318 g/mol. The van der Waals surface area contributed by atoms with Gasteiger partial charge in [-0.25, -0.2) is 4.79 Å². The molecule has 23 heavy (non-hydrogen) atoms. The van der Waals surface area contributed by atoms with Crippen LogP contribution in [0.15, 0.2) is 15.3 Å². The van der Waals surface area contributed by atoms with Gasteiger partial charge in [-0.1, -0.05) is 34.6 Å². The van der Waals surface area contributed by atoms with Crippen molar-refractivity contribution in [1.82, 2.24) is 0 Å². The fourth-order valence-corrected chi connectivity index (χ4v) is 4.61. The van der Waals surface area contributed by atoms with Crippen molar-refractivity contribution in [2.24, 2.45) is 11.3 Å². The number of Topliss-reactive ketones (excluding diaryl/α,β-unsaturated/α-hetero) is 1. The lowest BCUT2D eigenvalue weighted by molar-refractivity contribution is -0.0748. The lowest BCUT2D eigenvalue weighted by Gasteiger charge is -2.54. The van der Waals surface area contributed by atoms with Gasteiger partial charge >= 0.3 is 5.63 Å². The average molecular weight is 318 g/mol. The van der Waals surface area contributed by atoms with Crippen LogP contribution in [0.25, 0.3) is 0 Å². The maximum absolute atomic E-state index is 12.7. The highest BCUT2D eigenvalue weighted by Gasteiger charge is 2.56. The Morgan fingerprint density at radius 2 is 1.91 bits per heavy atom. The summed E-state index contributed by atoms with van der Waals surface area (Å²) in [4.78, 5) is 25.1. The van der Waals surface area contributed by atoms with E-state index < -0.39 is 6.10 Å². The maximum Gasteiger partial charge on any atom is 0.339 e. The van der Waals surface area contributed by atoms with Crippen molar-refractivity contribution in [3.8, 4) is 0 Å². The van der Waals surface area contributed by atoms with Crippen LogP contribution >= 0.6 is 0 Å². The summed E-state index contributed by atoms with van der Waals surface area (Å²) in [6.45, 7) is 9.96. The van der Waals surface area contributed by atoms with E-state index in [1.165, 1.54) is 0 Å². The van der Waals surface area contributed by atoms with Crippen LogP contribution in [0.2, 0.25) is 0 Å². The first-order valence-corrected chi connectivity index (χ1v) is 8.49. The molecule has 1 N–H and O–H groups in total. The van der Waals surface area contributed by atoms with Crippen LogP contribution in [0.4, 0.5) is 0 Å². The minimum atomic E-state index is -0.434. The van der Waals surface area contributed by atoms with E-state index in [9.17, 15) is 14.7 Å². The average Bonchev–Trinajstić information content (AvgIpc) is 2.46. The Balaban J connectivity index is 2.22. The molecule has 3 atom stereocenters. The topological polar surface area (TPSA) is 67.5 Å². The number of aliphatic hydroxyl groups is 1. The lowest BCUT2D eigenvalue weighted by atomic mass is 9.50. The summed E-state index contributed by atoms with van der Waals surface area (Å²) in [5.41, 5.74) is 0.0434. The van der Waals surface area contributed by atoms with Crippen molar-refractivity contribution in [3.63, 3.8) is 0 Å². The van der Waals surface area contributed by atoms with Gasteiger partial charge in [0, 0.05) is 17.4 Å². The molecule has 3 rings (SSSR count). The third-order valence-electron chi connectivity index (χ3n) is 6.27. The highest BCUT2D eigenvalue weighted by atomic mass is 16.4. The van der Waals surface area contributed by atoms with Crippen molar-refractivity contribution in [1.29, 1.82) is 0 Å². The standard InChI is InChI=1S/C19H26O4/c1-10(2)11-8-12-13(20)9-14-18(3,4)15(21)6-7-19(14,5)16(12)23-17(11)22/h8,10,14-15,21H,6-7,9H2,1-5H3. The molecule has 4 heteroatoms. The molecule has 0 amide bonds. The number of ketones is 1. The Labute approximate surface area is 136 Å². The van der Waals surface area contributed by atoms with Crippen molar-refractivity contribution >= 4 is 5.78 Å². The first kappa shape index (κ1) is 16.4. The molecule has 0 aromatic carbocycles. The molecule has 3 unspecified atom stereocenters. The van der Waals surface area contributed by atoms with Crippen molar-refractivity contribution in [2.75, 3.05) is 0 Å². The smallest absolute Gasteiger partial charge is 0.339 e. The number of carbonyl (C=O) groups is 1. The van der Waals surface area contributed by atoms with Gasteiger partial charge in [0.1, 0.15) is 5.76 Å². The molecule has 1 saturated carbocycles. The first-order valence-electron chi connectivity index (χ1n) is 8.49. The predicted octanol–water partition coefficient (Wildman–Crippen LogP) is 3.40. The van der Waals surface area contributed by atoms with Gasteiger partial charge in [0.25, 0.3) is 0 Å². The number of hydrogen-bond donors (Lipinski definition) is 1. The molecule has 1 fully saturated rings. The van der Waals surface area contributed by atoms with Gasteiger partial charge < -0.3 is 9.52 Å². The molecule has 0 radical (unpaired) electrons. The van der Waals surface area contributed by atoms with Crippen molar-refractivity contribution in [2.45, 2.75) is 71.3 Å². The van der Waals surface area contributed by atoms with Gasteiger partial charge in [0.2, 0.25) is 0 Å². The second-order valence-electron chi connectivity index (χ2n) is 8.36. The van der Waals surface area contributed by atoms with E-state index >= 15 is 0 Å². The summed E-state index contributed by atoms with van der Waals surface area (Å²) in [7, 11) is 0. The van der Waals surface area contributed by atoms with Crippen LogP contribution in [0.1, 0.15) is 81.5 Å². The number of aliphatic hydroxyl groups excluding tert-OH is 1. The Kier molecular flexibility index (Phi) is 3.60. The van der Waals surface area contributed by atoms with E-state index in [4.69, 9.17) is 4.42 Å². The van der Waals surface area contributed by atoms with Gasteiger partial charge in [0.05, 0.1) is 11.7 Å². The van der Waals surface area contributed by atoms with Gasteiger partial charge in [0.15, 0.2) is 5.78 Å². The highest BCUT2D eigenvalue weighted by Crippen LogP contribution is 2.56. The zero-order valence-corrected chi connectivity index (χ0v) is 14.6. The van der Waals surface area contributed by atoms with E-state index in [1.54, 1.807) is 6.07 Å². The summed E-state index contributed by atoms with van der Waals surface area (Å²) in [5, 5.41) is 10.4. The van der Waals surface area contributed by atoms with Gasteiger partial charge in [-0.3, -0.25) is 4.79 Å². The van der Waals surface area contributed by atoms with Crippen LogP contribution < -0.4 is 5.63 Å². The highest BCUT2D eigenvalue weighted by molar-refractivity contribution is 5.99. The van der Waals surface area contributed by atoms with Crippen molar-refractivity contribution in [3.05, 3.63) is 33.4 Å². The Morgan fingerprint density at radius 3 is 2.52 bits per heavy atom. The van der Waals surface area contributed by atoms with E-state index in [0.29, 0.717) is 29.7 Å².